The van der Waals surface area contributed by atoms with Crippen LogP contribution < -0.4 is 19.7 Å². The third-order valence-electron chi connectivity index (χ3n) is 5.58. The third-order valence-corrected chi connectivity index (χ3v) is 7.50. The number of nitrogens with zero attached hydrogens (tertiary/aromatic N) is 1. The second-order valence-electron chi connectivity index (χ2n) is 8.79. The molecule has 2 N–H and O–H groups in total. The first-order valence-electron chi connectivity index (χ1n) is 10.9. The molecule has 3 rings (SSSR count). The monoisotopic (exact) mass is 547 g/mol. The minimum Gasteiger partial charge on any atom is -0.484 e. The van der Waals surface area contributed by atoms with E-state index in [1.165, 1.54) is 32.0 Å². The molecule has 2 aromatic carbocycles. The maximum Gasteiger partial charge on any atom is 0.427 e. The Balaban J connectivity index is 2.00. The fraction of sp³-hybridized carbons (Fsp3) is 0.391. The van der Waals surface area contributed by atoms with E-state index in [4.69, 9.17) is 4.74 Å². The summed E-state index contributed by atoms with van der Waals surface area (Å²) in [7, 11) is -4.33. The number of nitrogens with one attached hydrogen (secondary N) is 2. The molecule has 0 aromatic heterocycles. The molecule has 0 saturated carbocycles. The van der Waals surface area contributed by atoms with Gasteiger partial charge in [-0.25, -0.2) is 17.6 Å². The van der Waals surface area contributed by atoms with Gasteiger partial charge in [-0.05, 0) is 63.2 Å². The molecule has 2 aromatic rings. The molecule has 202 valence electrons. The van der Waals surface area contributed by atoms with Crippen LogP contribution >= 0.6 is 0 Å². The molecule has 0 aliphatic carbocycles. The van der Waals surface area contributed by atoms with E-state index in [-0.39, 0.29) is 34.5 Å². The standard InChI is InChI=1S/C23H25F4N3O6S/c1-13-20(12-28-14(2)31)35-19-10-7-16(29-21(32)36-22(3,4)23(25,26)27)11-18(19)30(13)37(33,34)17-8-5-15(24)6-9-17/h5-11,13,20H,12H2,1-4H3,(H,28,31)(H,29,32)/t13-,20-/m1/s1. The molecule has 1 heterocycles. The van der Waals surface area contributed by atoms with Gasteiger partial charge in [0.15, 0.2) is 0 Å². The Labute approximate surface area is 210 Å². The molecule has 0 radical (unpaired) electrons. The lowest BCUT2D eigenvalue weighted by Gasteiger charge is -2.41. The number of hydrogen-bond donors (Lipinski definition) is 2. The largest absolute Gasteiger partial charge is 0.484 e. The first kappa shape index (κ1) is 28.0. The van der Waals surface area contributed by atoms with Crippen LogP contribution in [-0.2, 0) is 19.6 Å². The number of halogens is 4. The molecule has 2 amide bonds. The van der Waals surface area contributed by atoms with Crippen molar-refractivity contribution in [3.05, 3.63) is 48.3 Å². The second-order valence-corrected chi connectivity index (χ2v) is 10.6. The minimum atomic E-state index is -4.83. The van der Waals surface area contributed by atoms with Gasteiger partial charge in [-0.3, -0.25) is 14.4 Å². The summed E-state index contributed by atoms with van der Waals surface area (Å²) in [6.45, 7) is 4.13. The third kappa shape index (κ3) is 6.06. The number of sulfonamides is 1. The predicted molar refractivity (Wildman–Crippen MR) is 125 cm³/mol. The van der Waals surface area contributed by atoms with Gasteiger partial charge in [0.25, 0.3) is 10.0 Å². The highest BCUT2D eigenvalue weighted by Gasteiger charge is 2.51. The van der Waals surface area contributed by atoms with Crippen molar-refractivity contribution in [2.75, 3.05) is 16.2 Å². The number of carbonyl (C=O) groups is 2. The van der Waals surface area contributed by atoms with E-state index >= 15 is 0 Å². The van der Waals surface area contributed by atoms with E-state index < -0.39 is 45.9 Å². The Kier molecular flexibility index (Phi) is 7.63. The summed E-state index contributed by atoms with van der Waals surface area (Å²) in [6.07, 6.45) is -7.07. The number of alkyl halides is 3. The Morgan fingerprint density at radius 1 is 1.11 bits per heavy atom. The maximum atomic E-state index is 13.6. The molecular formula is C23H25F4N3O6S. The summed E-state index contributed by atoms with van der Waals surface area (Å²) in [6, 6.07) is 7.01. The number of ether oxygens (including phenoxy) is 2. The van der Waals surface area contributed by atoms with Gasteiger partial charge in [-0.1, -0.05) is 0 Å². The van der Waals surface area contributed by atoms with Crippen molar-refractivity contribution in [3.8, 4) is 5.75 Å². The SMILES string of the molecule is CC(=O)NC[C@H]1Oc2ccc(NC(=O)OC(C)(C)C(F)(F)F)cc2N(S(=O)(=O)c2ccc(F)cc2)[C@@H]1C. The lowest BCUT2D eigenvalue weighted by Crippen LogP contribution is -2.54. The molecule has 1 aliphatic rings. The van der Waals surface area contributed by atoms with Crippen molar-refractivity contribution in [1.82, 2.24) is 5.32 Å². The van der Waals surface area contributed by atoms with Crippen molar-refractivity contribution in [1.29, 1.82) is 0 Å². The molecule has 0 bridgehead atoms. The van der Waals surface area contributed by atoms with Gasteiger partial charge in [0.2, 0.25) is 11.5 Å². The predicted octanol–water partition coefficient (Wildman–Crippen LogP) is 4.20. The number of anilines is 2. The molecule has 37 heavy (non-hydrogen) atoms. The van der Waals surface area contributed by atoms with Crippen molar-refractivity contribution >= 4 is 33.4 Å². The van der Waals surface area contributed by atoms with Gasteiger partial charge in [0, 0.05) is 12.6 Å². The van der Waals surface area contributed by atoms with Crippen molar-refractivity contribution in [2.45, 2.75) is 56.5 Å². The first-order chi connectivity index (χ1) is 17.0. The summed E-state index contributed by atoms with van der Waals surface area (Å²) >= 11 is 0. The van der Waals surface area contributed by atoms with E-state index in [1.54, 1.807) is 0 Å². The number of hydrogen-bond acceptors (Lipinski definition) is 6. The topological polar surface area (TPSA) is 114 Å². The Bertz CT molecular complexity index is 1280. The van der Waals surface area contributed by atoms with Crippen LogP contribution in [-0.4, -0.2) is 50.9 Å². The molecule has 0 fully saturated rings. The van der Waals surface area contributed by atoms with Crippen LogP contribution in [0.25, 0.3) is 0 Å². The van der Waals surface area contributed by atoms with E-state index in [0.29, 0.717) is 13.8 Å². The van der Waals surface area contributed by atoms with E-state index in [1.807, 2.05) is 0 Å². The molecule has 0 spiro atoms. The average molecular weight is 548 g/mol. The number of rotatable bonds is 6. The normalized spacial score (nSPS) is 17.9. The van der Waals surface area contributed by atoms with Crippen LogP contribution in [0.4, 0.5) is 33.7 Å². The summed E-state index contributed by atoms with van der Waals surface area (Å²) in [4.78, 5) is 23.4. The summed E-state index contributed by atoms with van der Waals surface area (Å²) < 4.78 is 91.3. The van der Waals surface area contributed by atoms with Gasteiger partial charge < -0.3 is 14.8 Å². The fourth-order valence-electron chi connectivity index (χ4n) is 3.46. The smallest absolute Gasteiger partial charge is 0.427 e. The van der Waals surface area contributed by atoms with Gasteiger partial charge in [-0.2, -0.15) is 13.2 Å². The van der Waals surface area contributed by atoms with Crippen LogP contribution in [0.15, 0.2) is 47.4 Å². The Morgan fingerprint density at radius 2 is 1.73 bits per heavy atom. The Hall–Kier alpha value is -3.55. The number of carbonyl (C=O) groups excluding carboxylic acids is 2. The van der Waals surface area contributed by atoms with E-state index in [2.05, 4.69) is 15.4 Å². The zero-order chi connectivity index (χ0) is 27.8. The van der Waals surface area contributed by atoms with Crippen LogP contribution in [0.1, 0.15) is 27.7 Å². The molecule has 0 unspecified atom stereocenters. The molecule has 1 aliphatic heterocycles. The number of benzene rings is 2. The van der Waals surface area contributed by atoms with Crippen molar-refractivity contribution < 1.29 is 45.0 Å². The van der Waals surface area contributed by atoms with Crippen molar-refractivity contribution in [2.24, 2.45) is 0 Å². The lowest BCUT2D eigenvalue weighted by atomic mass is 10.1. The average Bonchev–Trinajstić information content (AvgIpc) is 2.76. The van der Waals surface area contributed by atoms with Gasteiger partial charge in [0.05, 0.1) is 23.2 Å². The highest BCUT2D eigenvalue weighted by atomic mass is 32.2. The van der Waals surface area contributed by atoms with Gasteiger partial charge in [-0.15, -0.1) is 0 Å². The van der Waals surface area contributed by atoms with Gasteiger partial charge in [0.1, 0.15) is 17.7 Å². The summed E-state index contributed by atoms with van der Waals surface area (Å²) in [5.41, 5.74) is -2.89. The lowest BCUT2D eigenvalue weighted by molar-refractivity contribution is -0.242. The maximum absolute atomic E-state index is 13.6. The second kappa shape index (κ2) is 10.1. The highest BCUT2D eigenvalue weighted by Crippen LogP contribution is 2.41. The van der Waals surface area contributed by atoms with Crippen molar-refractivity contribution in [3.63, 3.8) is 0 Å². The Morgan fingerprint density at radius 3 is 2.30 bits per heavy atom. The molecule has 0 saturated heterocycles. The van der Waals surface area contributed by atoms with E-state index in [0.717, 1.165) is 28.6 Å². The van der Waals surface area contributed by atoms with Crippen LogP contribution in [0.3, 0.4) is 0 Å². The number of fused-ring (bicyclic) bond motifs is 1. The molecule has 9 nitrogen and oxygen atoms in total. The summed E-state index contributed by atoms with van der Waals surface area (Å²) in [5, 5.41) is 4.73. The minimum absolute atomic E-state index is 0.0375. The van der Waals surface area contributed by atoms with Crippen LogP contribution in [0, 0.1) is 5.82 Å². The van der Waals surface area contributed by atoms with E-state index in [9.17, 15) is 35.6 Å². The highest BCUT2D eigenvalue weighted by molar-refractivity contribution is 7.92. The molecular weight excluding hydrogens is 522 g/mol. The number of amides is 2. The molecule has 14 heteroatoms. The van der Waals surface area contributed by atoms with Gasteiger partial charge >= 0.3 is 12.3 Å². The quantitative estimate of drug-likeness (QED) is 0.525. The first-order valence-corrected chi connectivity index (χ1v) is 12.4. The zero-order valence-corrected chi connectivity index (χ0v) is 21.0. The molecule has 2 atom stereocenters. The summed E-state index contributed by atoms with van der Waals surface area (Å²) in [5.74, 6) is -0.951. The van der Waals surface area contributed by atoms with Crippen LogP contribution in [0.2, 0.25) is 0 Å². The van der Waals surface area contributed by atoms with Crippen LogP contribution in [0.5, 0.6) is 5.75 Å². The fourth-order valence-corrected chi connectivity index (χ4v) is 5.14. The zero-order valence-electron chi connectivity index (χ0n) is 20.2.